The normalized spacial score (nSPS) is 14.2. The van der Waals surface area contributed by atoms with Gasteiger partial charge in [0.2, 0.25) is 5.43 Å². The van der Waals surface area contributed by atoms with Crippen molar-refractivity contribution in [2.45, 2.75) is 52.3 Å². The topological polar surface area (TPSA) is 82.2 Å². The lowest BCUT2D eigenvalue weighted by molar-refractivity contribution is 0.102. The van der Waals surface area contributed by atoms with E-state index in [-0.39, 0.29) is 16.9 Å². The molecule has 0 aliphatic rings. The summed E-state index contributed by atoms with van der Waals surface area (Å²) in [5.74, 6) is -0.855. The fourth-order valence-corrected chi connectivity index (χ4v) is 3.34. The number of para-hydroxylation sites is 1. The predicted molar refractivity (Wildman–Crippen MR) is 118 cm³/mol. The Morgan fingerprint density at radius 3 is 2.41 bits per heavy atom. The molecule has 0 unspecified atom stereocenters. The lowest BCUT2D eigenvalue weighted by Crippen LogP contribution is -2.25. The lowest BCUT2D eigenvalue weighted by Gasteiger charge is -2.28. The van der Waals surface area contributed by atoms with Gasteiger partial charge < -0.3 is 15.4 Å². The van der Waals surface area contributed by atoms with Crippen molar-refractivity contribution in [2.24, 2.45) is 0 Å². The number of aromatic nitrogens is 1. The number of pyridine rings is 1. The first-order valence-corrected chi connectivity index (χ1v) is 9.44. The molecule has 5 heteroatoms. The third-order valence-corrected chi connectivity index (χ3v) is 4.90. The summed E-state index contributed by atoms with van der Waals surface area (Å²) in [5.41, 5.74) is -0.400. The number of amides is 1. The van der Waals surface area contributed by atoms with Gasteiger partial charge in [0.05, 0.1) is 0 Å². The molecule has 0 aliphatic heterocycles. The number of fused-ring (bicyclic) bond motifs is 1. The molecule has 0 bridgehead atoms. The number of aromatic hydroxyl groups is 1. The van der Waals surface area contributed by atoms with E-state index in [4.69, 9.17) is 4.11 Å². The van der Waals surface area contributed by atoms with Crippen LogP contribution in [-0.2, 0) is 10.8 Å². The van der Waals surface area contributed by atoms with Crippen LogP contribution in [0.2, 0.25) is 0 Å². The number of phenols is 1. The molecule has 29 heavy (non-hydrogen) atoms. The van der Waals surface area contributed by atoms with Crippen LogP contribution in [0.5, 0.6) is 5.75 Å². The van der Waals surface area contributed by atoms with Crippen LogP contribution >= 0.6 is 0 Å². The molecule has 0 aliphatic carbocycles. The van der Waals surface area contributed by atoms with Crippen LogP contribution in [0.15, 0.2) is 47.4 Å². The highest BCUT2D eigenvalue weighted by Gasteiger charge is 2.26. The van der Waals surface area contributed by atoms with E-state index in [2.05, 4.69) is 10.3 Å². The molecular weight excluding hydrogens is 364 g/mol. The molecule has 5 nitrogen and oxygen atoms in total. The number of carbonyl (C=O) groups excluding carboxylic acids is 1. The number of rotatable bonds is 2. The van der Waals surface area contributed by atoms with Crippen molar-refractivity contribution in [3.8, 4) is 5.75 Å². The van der Waals surface area contributed by atoms with Gasteiger partial charge in [0.15, 0.2) is 0 Å². The minimum Gasteiger partial charge on any atom is -0.508 e. The smallest absolute Gasteiger partial charge is 0.261 e. The average molecular weight is 396 g/mol. The maximum absolute atomic E-state index is 13.0. The zero-order chi connectivity index (χ0) is 24.1. The monoisotopic (exact) mass is 395 g/mol. The molecule has 3 rings (SSSR count). The molecule has 3 aromatic rings. The molecule has 0 spiro atoms. The summed E-state index contributed by atoms with van der Waals surface area (Å²) >= 11 is 0. The fourth-order valence-electron chi connectivity index (χ4n) is 3.34. The van der Waals surface area contributed by atoms with Crippen molar-refractivity contribution in [2.75, 3.05) is 5.32 Å². The van der Waals surface area contributed by atoms with E-state index >= 15 is 0 Å². The van der Waals surface area contributed by atoms with Gasteiger partial charge in [-0.2, -0.15) is 0 Å². The highest BCUT2D eigenvalue weighted by atomic mass is 16.3. The minimum absolute atomic E-state index is 0.0602. The van der Waals surface area contributed by atoms with E-state index in [1.54, 1.807) is 44.2 Å². The van der Waals surface area contributed by atoms with Gasteiger partial charge in [-0.1, -0.05) is 53.6 Å². The predicted octanol–water partition coefficient (Wildman–Crippen LogP) is 5.08. The van der Waals surface area contributed by atoms with Gasteiger partial charge >= 0.3 is 0 Å². The first-order chi connectivity index (χ1) is 14.6. The molecule has 1 aromatic heterocycles. The number of carbonyl (C=O) groups is 1. The molecule has 0 fully saturated rings. The van der Waals surface area contributed by atoms with Gasteiger partial charge in [-0.3, -0.25) is 9.59 Å². The Bertz CT molecular complexity index is 1250. The van der Waals surface area contributed by atoms with E-state index in [1.165, 1.54) is 12.3 Å². The van der Waals surface area contributed by atoms with Gasteiger partial charge in [0.1, 0.15) is 11.3 Å². The quantitative estimate of drug-likeness (QED) is 0.566. The number of nitrogens with one attached hydrogen (secondary N) is 2. The molecule has 0 saturated carbocycles. The van der Waals surface area contributed by atoms with Crippen molar-refractivity contribution >= 4 is 22.5 Å². The maximum atomic E-state index is 13.0. The zero-order valence-electron chi connectivity index (χ0n) is 20.3. The lowest BCUT2D eigenvalue weighted by atomic mass is 9.79. The highest BCUT2D eigenvalue weighted by Crippen LogP contribution is 2.39. The van der Waals surface area contributed by atoms with E-state index in [1.807, 2.05) is 20.8 Å². The average Bonchev–Trinajstić information content (AvgIpc) is 2.66. The molecule has 0 saturated heterocycles. The summed E-state index contributed by atoms with van der Waals surface area (Å²) in [6, 6.07) is 9.89. The van der Waals surface area contributed by atoms with Gasteiger partial charge in [0, 0.05) is 33.0 Å². The van der Waals surface area contributed by atoms with E-state index in [0.29, 0.717) is 22.2 Å². The Hall–Kier alpha value is -3.08. The van der Waals surface area contributed by atoms with Crippen LogP contribution < -0.4 is 10.7 Å². The summed E-state index contributed by atoms with van der Waals surface area (Å²) in [4.78, 5) is 28.8. The SMILES string of the molecule is [2H]C([2H])([2H])C(C)(C)c1cc(C(C)(C)C)c(NC(=O)c2c[nH]c3ccccc3c2=O)cc1O. The van der Waals surface area contributed by atoms with Crippen molar-refractivity contribution in [3.05, 3.63) is 69.5 Å². The standard InChI is InChI=1S/C24H28N2O3/c1-23(2,3)16-11-17(24(4,5)6)20(27)12-19(16)26-22(29)15-13-25-18-10-8-7-9-14(18)21(15)28/h7-13,27H,1-6H3,(H,25,28)(H,26,29)/i4D3. The Morgan fingerprint density at radius 2 is 1.76 bits per heavy atom. The summed E-state index contributed by atoms with van der Waals surface area (Å²) in [6.07, 6.45) is 1.36. The Labute approximate surface area is 175 Å². The molecule has 0 radical (unpaired) electrons. The number of anilines is 1. The third kappa shape index (κ3) is 4.04. The number of benzene rings is 2. The van der Waals surface area contributed by atoms with Crippen LogP contribution in [-0.4, -0.2) is 16.0 Å². The number of hydrogen-bond acceptors (Lipinski definition) is 3. The molecule has 0 atom stereocenters. The second kappa shape index (κ2) is 7.07. The Kier molecular flexibility index (Phi) is 4.10. The fraction of sp³-hybridized carbons (Fsp3) is 0.333. The molecule has 1 heterocycles. The highest BCUT2D eigenvalue weighted by molar-refractivity contribution is 6.06. The summed E-state index contributed by atoms with van der Waals surface area (Å²) in [5, 5.41) is 13.8. The first-order valence-electron chi connectivity index (χ1n) is 10.9. The van der Waals surface area contributed by atoms with Crippen LogP contribution in [0, 0.1) is 0 Å². The zero-order valence-corrected chi connectivity index (χ0v) is 17.3. The number of phenolic OH excluding ortho intramolecular Hbond substituents is 1. The van der Waals surface area contributed by atoms with Gasteiger partial charge in [-0.05, 0) is 40.2 Å². The number of aromatic amines is 1. The summed E-state index contributed by atoms with van der Waals surface area (Å²) in [7, 11) is 0. The number of H-pyrrole nitrogens is 1. The third-order valence-electron chi connectivity index (χ3n) is 4.90. The molecule has 152 valence electrons. The van der Waals surface area contributed by atoms with Gasteiger partial charge in [-0.15, -0.1) is 0 Å². The largest absolute Gasteiger partial charge is 0.508 e. The van der Waals surface area contributed by atoms with Crippen LogP contribution in [0.3, 0.4) is 0 Å². The van der Waals surface area contributed by atoms with E-state index in [0.717, 1.165) is 0 Å². The van der Waals surface area contributed by atoms with Crippen molar-refractivity contribution in [1.82, 2.24) is 4.98 Å². The van der Waals surface area contributed by atoms with E-state index < -0.39 is 29.0 Å². The maximum Gasteiger partial charge on any atom is 0.261 e. The number of hydrogen-bond donors (Lipinski definition) is 3. The van der Waals surface area contributed by atoms with Crippen LogP contribution in [0.4, 0.5) is 5.69 Å². The minimum atomic E-state index is -2.34. The summed E-state index contributed by atoms with van der Waals surface area (Å²) < 4.78 is 23.6. The molecule has 1 amide bonds. The Morgan fingerprint density at radius 1 is 1.07 bits per heavy atom. The van der Waals surface area contributed by atoms with Crippen molar-refractivity contribution in [1.29, 1.82) is 0 Å². The second-order valence-electron chi connectivity index (χ2n) is 8.82. The van der Waals surface area contributed by atoms with Crippen molar-refractivity contribution in [3.63, 3.8) is 0 Å². The Balaban J connectivity index is 2.11. The first kappa shape index (κ1) is 16.8. The van der Waals surface area contributed by atoms with Crippen LogP contribution in [0.25, 0.3) is 10.9 Å². The van der Waals surface area contributed by atoms with Gasteiger partial charge in [0.25, 0.3) is 5.91 Å². The van der Waals surface area contributed by atoms with Crippen molar-refractivity contribution < 1.29 is 14.0 Å². The van der Waals surface area contributed by atoms with Crippen LogP contribution in [0.1, 0.15) is 67.1 Å². The molecule has 3 N–H and O–H groups in total. The van der Waals surface area contributed by atoms with E-state index in [9.17, 15) is 14.7 Å². The molecular formula is C24H28N2O3. The molecule has 2 aromatic carbocycles. The van der Waals surface area contributed by atoms with Gasteiger partial charge in [-0.25, -0.2) is 0 Å². The second-order valence-corrected chi connectivity index (χ2v) is 8.82. The summed E-state index contributed by atoms with van der Waals surface area (Å²) in [6.45, 7) is 6.52.